The smallest absolute Gasteiger partial charge is 0.337 e. The lowest BCUT2D eigenvalue weighted by atomic mass is 10.1. The Bertz CT molecular complexity index is 695. The highest BCUT2D eigenvalue weighted by Gasteiger charge is 2.02. The van der Waals surface area contributed by atoms with Crippen LogP contribution in [-0.2, 0) is 19.0 Å². The minimum atomic E-state index is -3.47. The fraction of sp³-hybridized carbons (Fsp3) is 0.312. The van der Waals surface area contributed by atoms with Crippen molar-refractivity contribution in [3.8, 4) is 23.7 Å². The fourth-order valence-electron chi connectivity index (χ4n) is 1.13. The number of hydrogen-bond donors (Lipinski definition) is 0. The molecule has 0 radical (unpaired) electrons. The molecule has 0 atom stereocenters. The van der Waals surface area contributed by atoms with Gasteiger partial charge in [0.15, 0.2) is 0 Å². The molecule has 0 heterocycles. The molecule has 1 aromatic carbocycles. The third-order valence-electron chi connectivity index (χ3n) is 2.01. The van der Waals surface area contributed by atoms with Gasteiger partial charge in [-0.25, -0.2) is 4.79 Å². The minimum Gasteiger partial charge on any atom is -0.465 e. The molecule has 0 saturated heterocycles. The van der Waals surface area contributed by atoms with Crippen LogP contribution in [0, 0.1) is 23.7 Å². The van der Waals surface area contributed by atoms with Crippen molar-refractivity contribution < 1.29 is 22.1 Å². The zero-order valence-corrected chi connectivity index (χ0v) is 13.8. The summed E-state index contributed by atoms with van der Waals surface area (Å²) >= 11 is 0. The maximum atomic E-state index is 11.2. The van der Waals surface area contributed by atoms with Crippen LogP contribution < -0.4 is 0 Å². The van der Waals surface area contributed by atoms with Gasteiger partial charge in [-0.2, -0.15) is 8.42 Å². The van der Waals surface area contributed by atoms with Crippen LogP contribution in [0.1, 0.15) is 29.8 Å². The molecule has 0 fully saturated rings. The summed E-state index contributed by atoms with van der Waals surface area (Å²) in [5.41, 5.74) is 1.11. The summed E-state index contributed by atoms with van der Waals surface area (Å²) in [6.07, 6.45) is 0.948. The van der Waals surface area contributed by atoms with E-state index in [4.69, 9.17) is 0 Å². The van der Waals surface area contributed by atoms with Crippen molar-refractivity contribution >= 4 is 16.1 Å². The van der Waals surface area contributed by atoms with E-state index in [-0.39, 0.29) is 6.61 Å². The van der Waals surface area contributed by atoms with Gasteiger partial charge >= 0.3 is 5.97 Å². The molecular weight excluding hydrogens is 304 g/mol. The minimum absolute atomic E-state index is 0.227. The van der Waals surface area contributed by atoms with Crippen LogP contribution in [0.25, 0.3) is 0 Å². The van der Waals surface area contributed by atoms with E-state index in [0.717, 1.165) is 6.26 Å². The Kier molecular flexibility index (Phi) is 9.36. The van der Waals surface area contributed by atoms with Crippen molar-refractivity contribution in [1.82, 2.24) is 0 Å². The van der Waals surface area contributed by atoms with E-state index in [9.17, 15) is 13.2 Å². The zero-order chi connectivity index (χ0) is 17.0. The van der Waals surface area contributed by atoms with Crippen molar-refractivity contribution in [2.75, 3.05) is 20.0 Å². The lowest BCUT2D eigenvalue weighted by Crippen LogP contribution is -2.02. The Morgan fingerprint density at radius 2 is 1.73 bits per heavy atom. The van der Waals surface area contributed by atoms with Crippen molar-refractivity contribution in [2.24, 2.45) is 0 Å². The van der Waals surface area contributed by atoms with E-state index in [1.165, 1.54) is 7.11 Å². The second-order valence-electron chi connectivity index (χ2n) is 3.59. The topological polar surface area (TPSA) is 69.7 Å². The van der Waals surface area contributed by atoms with E-state index in [1.807, 2.05) is 13.8 Å². The number of esters is 1. The summed E-state index contributed by atoms with van der Waals surface area (Å²) in [6, 6.07) is 6.51. The molecule has 0 amide bonds. The van der Waals surface area contributed by atoms with Gasteiger partial charge in [-0.3, -0.25) is 4.18 Å². The molecule has 0 N–H and O–H groups in total. The van der Waals surface area contributed by atoms with Crippen molar-refractivity contribution in [2.45, 2.75) is 13.8 Å². The standard InChI is InChI=1S/C14H12O5S.C2H6/c1-18-14(15)13-9-7-12(8-10-13)6-4-3-5-11-19-20(2,16)17;1-2/h7-10H,11H2,1-2H3;1-2H3. The van der Waals surface area contributed by atoms with E-state index in [2.05, 4.69) is 32.6 Å². The van der Waals surface area contributed by atoms with Gasteiger partial charge < -0.3 is 4.74 Å². The highest BCUT2D eigenvalue weighted by atomic mass is 32.2. The maximum absolute atomic E-state index is 11.2. The van der Waals surface area contributed by atoms with E-state index < -0.39 is 16.1 Å². The second kappa shape index (κ2) is 10.4. The Balaban J connectivity index is 0.00000211. The van der Waals surface area contributed by atoms with Crippen molar-refractivity contribution in [3.05, 3.63) is 35.4 Å². The summed E-state index contributed by atoms with van der Waals surface area (Å²) in [5, 5.41) is 0. The van der Waals surface area contributed by atoms with Crippen LogP contribution in [0.2, 0.25) is 0 Å². The third kappa shape index (κ3) is 8.80. The average Bonchev–Trinajstić information content (AvgIpc) is 2.51. The molecule has 0 aliphatic carbocycles. The van der Waals surface area contributed by atoms with Gasteiger partial charge in [-0.1, -0.05) is 25.7 Å². The second-order valence-corrected chi connectivity index (χ2v) is 5.23. The number of benzene rings is 1. The van der Waals surface area contributed by atoms with Crippen molar-refractivity contribution in [3.63, 3.8) is 0 Å². The van der Waals surface area contributed by atoms with Crippen molar-refractivity contribution in [1.29, 1.82) is 0 Å². The molecule has 0 aromatic heterocycles. The fourth-order valence-corrected chi connectivity index (χ4v) is 1.40. The average molecular weight is 322 g/mol. The molecule has 22 heavy (non-hydrogen) atoms. The molecule has 0 bridgehead atoms. The first-order valence-corrected chi connectivity index (χ1v) is 8.25. The molecule has 0 saturated carbocycles. The van der Waals surface area contributed by atoms with Gasteiger partial charge in [0.2, 0.25) is 0 Å². The summed E-state index contributed by atoms with van der Waals surface area (Å²) in [5.74, 6) is 9.79. The first kappa shape index (κ1) is 19.7. The van der Waals surface area contributed by atoms with E-state index in [0.29, 0.717) is 11.1 Å². The normalized spacial score (nSPS) is 9.09. The Labute approximate surface area is 131 Å². The SMILES string of the molecule is CC.COC(=O)c1ccc(C#CC#CCOS(C)(=O)=O)cc1. The predicted octanol–water partition coefficient (Wildman–Crippen LogP) is 1.83. The molecule has 6 heteroatoms. The van der Waals surface area contributed by atoms with Crippen LogP contribution >= 0.6 is 0 Å². The molecule has 0 unspecified atom stereocenters. The summed E-state index contributed by atoms with van der Waals surface area (Å²) in [4.78, 5) is 11.2. The lowest BCUT2D eigenvalue weighted by Gasteiger charge is -1.97. The Hall–Kier alpha value is -2.28. The summed E-state index contributed by atoms with van der Waals surface area (Å²) in [6.45, 7) is 3.77. The molecule has 1 aromatic rings. The number of hydrogen-bond acceptors (Lipinski definition) is 5. The summed E-state index contributed by atoms with van der Waals surface area (Å²) in [7, 11) is -2.16. The highest BCUT2D eigenvalue weighted by Crippen LogP contribution is 2.04. The molecule has 0 aliphatic rings. The van der Waals surface area contributed by atoms with Gasteiger partial charge in [0.25, 0.3) is 10.1 Å². The van der Waals surface area contributed by atoms with E-state index in [1.54, 1.807) is 24.3 Å². The molecular formula is C16H18O5S. The molecule has 0 spiro atoms. The van der Waals surface area contributed by atoms with Crippen LogP contribution in [-0.4, -0.2) is 34.4 Å². The predicted molar refractivity (Wildman–Crippen MR) is 84.6 cm³/mol. The lowest BCUT2D eigenvalue weighted by molar-refractivity contribution is 0.0600. The third-order valence-corrected chi connectivity index (χ3v) is 2.55. The molecule has 1 rings (SSSR count). The van der Waals surface area contributed by atoms with Crippen LogP contribution in [0.15, 0.2) is 24.3 Å². The number of carbonyl (C=O) groups excluding carboxylic acids is 1. The zero-order valence-electron chi connectivity index (χ0n) is 13.0. The maximum Gasteiger partial charge on any atom is 0.337 e. The molecule has 118 valence electrons. The number of ether oxygens (including phenoxy) is 1. The Morgan fingerprint density at radius 3 is 2.23 bits per heavy atom. The van der Waals surface area contributed by atoms with Crippen LogP contribution in [0.5, 0.6) is 0 Å². The van der Waals surface area contributed by atoms with Gasteiger partial charge in [0.1, 0.15) is 6.61 Å². The van der Waals surface area contributed by atoms with Crippen LogP contribution in [0.3, 0.4) is 0 Å². The van der Waals surface area contributed by atoms with Gasteiger partial charge in [0.05, 0.1) is 18.9 Å². The van der Waals surface area contributed by atoms with E-state index >= 15 is 0 Å². The largest absolute Gasteiger partial charge is 0.465 e. The quantitative estimate of drug-likeness (QED) is 0.482. The monoisotopic (exact) mass is 322 g/mol. The first-order chi connectivity index (χ1) is 10.4. The Morgan fingerprint density at radius 1 is 1.14 bits per heavy atom. The van der Waals surface area contributed by atoms with Crippen LogP contribution in [0.4, 0.5) is 0 Å². The summed E-state index contributed by atoms with van der Waals surface area (Å²) < 4.78 is 30.3. The highest BCUT2D eigenvalue weighted by molar-refractivity contribution is 7.86. The van der Waals surface area contributed by atoms with Gasteiger partial charge in [-0.15, -0.1) is 0 Å². The first-order valence-electron chi connectivity index (χ1n) is 6.44. The number of carbonyl (C=O) groups is 1. The molecule has 0 aliphatic heterocycles. The number of rotatable bonds is 3. The van der Waals surface area contributed by atoms with Gasteiger partial charge in [0, 0.05) is 5.56 Å². The number of methoxy groups -OCH3 is 1. The molecule has 5 nitrogen and oxygen atoms in total. The van der Waals surface area contributed by atoms with Gasteiger partial charge in [-0.05, 0) is 36.1 Å².